The molecule has 2 aromatic carbocycles. The van der Waals surface area contributed by atoms with Crippen LogP contribution in [0.5, 0.6) is 0 Å². The molecule has 21 heavy (non-hydrogen) atoms. The van der Waals surface area contributed by atoms with Gasteiger partial charge in [0.25, 0.3) is 0 Å². The van der Waals surface area contributed by atoms with E-state index < -0.39 is 0 Å². The zero-order valence-electron chi connectivity index (χ0n) is 11.6. The van der Waals surface area contributed by atoms with E-state index in [1.807, 2.05) is 36.1 Å². The van der Waals surface area contributed by atoms with Crippen molar-refractivity contribution in [3.05, 3.63) is 64.4 Å². The van der Waals surface area contributed by atoms with E-state index in [-0.39, 0.29) is 11.9 Å². The van der Waals surface area contributed by atoms with Crippen molar-refractivity contribution in [2.45, 2.75) is 13.0 Å². The highest BCUT2D eigenvalue weighted by Gasteiger charge is 2.30. The van der Waals surface area contributed by atoms with Crippen LogP contribution in [0.4, 0.5) is 10.1 Å². The smallest absolute Gasteiger partial charge is 0.196 e. The average molecular weight is 304 g/mol. The summed E-state index contributed by atoms with van der Waals surface area (Å²) in [5, 5.41) is 0.695. The quantitative estimate of drug-likeness (QED) is 0.920. The van der Waals surface area contributed by atoms with Gasteiger partial charge in [-0.25, -0.2) is 4.39 Å². The summed E-state index contributed by atoms with van der Waals surface area (Å²) in [6.07, 6.45) is 0. The van der Waals surface area contributed by atoms with E-state index in [9.17, 15) is 4.39 Å². The summed E-state index contributed by atoms with van der Waals surface area (Å²) < 4.78 is 13.5. The Morgan fingerprint density at radius 2 is 2.10 bits per heavy atom. The molecule has 0 radical (unpaired) electrons. The lowest BCUT2D eigenvalue weighted by atomic mass is 10.0. The van der Waals surface area contributed by atoms with Crippen molar-refractivity contribution in [2.24, 2.45) is 10.7 Å². The molecule has 108 valence electrons. The second kappa shape index (κ2) is 5.37. The second-order valence-electron chi connectivity index (χ2n) is 5.07. The number of aliphatic imine (C=N–C) groups is 1. The number of guanidine groups is 1. The first kappa shape index (κ1) is 13.9. The first-order chi connectivity index (χ1) is 10.1. The summed E-state index contributed by atoms with van der Waals surface area (Å²) >= 11 is 6.01. The highest BCUT2D eigenvalue weighted by atomic mass is 35.5. The molecule has 0 saturated heterocycles. The maximum absolute atomic E-state index is 13.5. The fourth-order valence-corrected chi connectivity index (χ4v) is 2.91. The van der Waals surface area contributed by atoms with Crippen molar-refractivity contribution < 1.29 is 4.39 Å². The minimum atomic E-state index is -0.293. The van der Waals surface area contributed by atoms with Crippen molar-refractivity contribution in [3.63, 3.8) is 0 Å². The maximum atomic E-state index is 13.5. The molecule has 0 spiro atoms. The van der Waals surface area contributed by atoms with E-state index in [1.165, 1.54) is 12.1 Å². The average Bonchev–Trinajstić information content (AvgIpc) is 2.80. The Morgan fingerprint density at radius 1 is 1.29 bits per heavy atom. The molecule has 3 rings (SSSR count). The summed E-state index contributed by atoms with van der Waals surface area (Å²) in [5.41, 5.74) is 8.86. The lowest BCUT2D eigenvalue weighted by Crippen LogP contribution is -2.36. The molecule has 1 heterocycles. The molecule has 0 amide bonds. The van der Waals surface area contributed by atoms with Gasteiger partial charge in [0.1, 0.15) is 5.82 Å². The van der Waals surface area contributed by atoms with Crippen LogP contribution in [0.2, 0.25) is 5.02 Å². The highest BCUT2D eigenvalue weighted by molar-refractivity contribution is 6.30. The third-order valence-electron chi connectivity index (χ3n) is 3.66. The lowest BCUT2D eigenvalue weighted by Gasteiger charge is -2.27. The maximum Gasteiger partial charge on any atom is 0.196 e. The van der Waals surface area contributed by atoms with Gasteiger partial charge in [0.05, 0.1) is 12.6 Å². The lowest BCUT2D eigenvalue weighted by molar-refractivity contribution is 0.626. The topological polar surface area (TPSA) is 41.6 Å². The van der Waals surface area contributed by atoms with Gasteiger partial charge in [0, 0.05) is 10.7 Å². The summed E-state index contributed by atoms with van der Waals surface area (Å²) in [7, 11) is 0. The van der Waals surface area contributed by atoms with Crippen LogP contribution < -0.4 is 10.6 Å². The predicted octanol–water partition coefficient (Wildman–Crippen LogP) is 3.66. The number of nitrogens with two attached hydrogens (primary N) is 1. The summed E-state index contributed by atoms with van der Waals surface area (Å²) in [5.74, 6) is 0.110. The zero-order valence-corrected chi connectivity index (χ0v) is 12.3. The molecule has 2 N–H and O–H groups in total. The van der Waals surface area contributed by atoms with Crippen LogP contribution >= 0.6 is 11.6 Å². The molecule has 3 nitrogen and oxygen atoms in total. The molecule has 2 aromatic rings. The Hall–Kier alpha value is -2.07. The van der Waals surface area contributed by atoms with Crippen molar-refractivity contribution >= 4 is 23.2 Å². The molecule has 1 unspecified atom stereocenters. The minimum Gasteiger partial charge on any atom is -0.369 e. The Morgan fingerprint density at radius 3 is 2.81 bits per heavy atom. The largest absolute Gasteiger partial charge is 0.369 e. The molecule has 0 bridgehead atoms. The molecule has 1 atom stereocenters. The molecule has 0 aliphatic carbocycles. The monoisotopic (exact) mass is 303 g/mol. The third kappa shape index (κ3) is 2.59. The van der Waals surface area contributed by atoms with Gasteiger partial charge in [-0.05, 0) is 48.4 Å². The van der Waals surface area contributed by atoms with Gasteiger partial charge in [-0.1, -0.05) is 23.7 Å². The van der Waals surface area contributed by atoms with Crippen molar-refractivity contribution in [3.8, 4) is 0 Å². The first-order valence-electron chi connectivity index (χ1n) is 6.67. The normalized spacial score (nSPS) is 18.0. The Bertz CT molecular complexity index is 714. The number of benzene rings is 2. The van der Waals surface area contributed by atoms with Crippen LogP contribution in [0.15, 0.2) is 47.5 Å². The third-order valence-corrected chi connectivity index (χ3v) is 3.90. The molecule has 1 aliphatic heterocycles. The fourth-order valence-electron chi connectivity index (χ4n) is 2.69. The predicted molar refractivity (Wildman–Crippen MR) is 84.3 cm³/mol. The van der Waals surface area contributed by atoms with Crippen LogP contribution in [-0.2, 0) is 0 Å². The number of aryl methyl sites for hydroxylation is 1. The number of anilines is 1. The number of nitrogens with zero attached hydrogens (tertiary/aromatic N) is 2. The molecular weight excluding hydrogens is 289 g/mol. The molecule has 1 aliphatic rings. The summed E-state index contributed by atoms with van der Waals surface area (Å²) in [6, 6.07) is 12.1. The van der Waals surface area contributed by atoms with Gasteiger partial charge < -0.3 is 10.6 Å². The van der Waals surface area contributed by atoms with E-state index in [2.05, 4.69) is 4.99 Å². The number of hydrogen-bond acceptors (Lipinski definition) is 3. The van der Waals surface area contributed by atoms with Gasteiger partial charge in [-0.3, -0.25) is 4.99 Å². The molecule has 0 saturated carbocycles. The second-order valence-corrected chi connectivity index (χ2v) is 5.50. The first-order valence-corrected chi connectivity index (χ1v) is 7.05. The Labute approximate surface area is 127 Å². The van der Waals surface area contributed by atoms with Crippen LogP contribution in [0, 0.1) is 12.7 Å². The van der Waals surface area contributed by atoms with E-state index >= 15 is 0 Å². The highest BCUT2D eigenvalue weighted by Crippen LogP contribution is 2.33. The molecule has 0 aromatic heterocycles. The van der Waals surface area contributed by atoms with Crippen molar-refractivity contribution in [1.29, 1.82) is 0 Å². The molecule has 5 heteroatoms. The van der Waals surface area contributed by atoms with Crippen LogP contribution in [0.3, 0.4) is 0 Å². The Balaban J connectivity index is 2.03. The Kier molecular flexibility index (Phi) is 3.55. The van der Waals surface area contributed by atoms with E-state index in [4.69, 9.17) is 17.3 Å². The van der Waals surface area contributed by atoms with Gasteiger partial charge in [0.2, 0.25) is 0 Å². The zero-order chi connectivity index (χ0) is 15.0. The van der Waals surface area contributed by atoms with Crippen molar-refractivity contribution in [2.75, 3.05) is 11.4 Å². The van der Waals surface area contributed by atoms with Gasteiger partial charge in [0.15, 0.2) is 5.96 Å². The number of halogens is 2. The van der Waals surface area contributed by atoms with Crippen LogP contribution in [0.25, 0.3) is 0 Å². The molecule has 0 fully saturated rings. The van der Waals surface area contributed by atoms with Crippen LogP contribution in [0.1, 0.15) is 17.2 Å². The SMILES string of the molecule is Cc1cc(Cl)ccc1C1CN=C(N)N1c1cccc(F)c1. The number of hydrogen-bond donors (Lipinski definition) is 1. The van der Waals surface area contributed by atoms with Gasteiger partial charge >= 0.3 is 0 Å². The standard InChI is InChI=1S/C16H15ClFN3/c1-10-7-11(17)5-6-14(10)15-9-20-16(19)21(15)13-4-2-3-12(18)8-13/h2-8,15H,9H2,1H3,(H2,19,20). The van der Waals surface area contributed by atoms with Crippen LogP contribution in [-0.4, -0.2) is 12.5 Å². The number of rotatable bonds is 2. The van der Waals surface area contributed by atoms with E-state index in [0.29, 0.717) is 23.2 Å². The minimum absolute atomic E-state index is 0.0379. The van der Waals surface area contributed by atoms with Crippen molar-refractivity contribution in [1.82, 2.24) is 0 Å². The van der Waals surface area contributed by atoms with Gasteiger partial charge in [-0.15, -0.1) is 0 Å². The van der Waals surface area contributed by atoms with E-state index in [0.717, 1.165) is 11.1 Å². The fraction of sp³-hybridized carbons (Fsp3) is 0.188. The molecular formula is C16H15ClFN3. The summed E-state index contributed by atoms with van der Waals surface area (Å²) in [4.78, 5) is 6.17. The summed E-state index contributed by atoms with van der Waals surface area (Å²) in [6.45, 7) is 2.55. The van der Waals surface area contributed by atoms with Gasteiger partial charge in [-0.2, -0.15) is 0 Å². The van der Waals surface area contributed by atoms with E-state index in [1.54, 1.807) is 6.07 Å².